The lowest BCUT2D eigenvalue weighted by Gasteiger charge is -2.03. The van der Waals surface area contributed by atoms with E-state index >= 15 is 0 Å². The minimum absolute atomic E-state index is 0.0994. The fourth-order valence-electron chi connectivity index (χ4n) is 3.73. The maximum Gasteiger partial charge on any atom is 0.280 e. The van der Waals surface area contributed by atoms with Crippen molar-refractivity contribution < 1.29 is 0 Å². The van der Waals surface area contributed by atoms with Crippen molar-refractivity contribution in [3.05, 3.63) is 105 Å². The zero-order valence-electron chi connectivity index (χ0n) is 19.0. The van der Waals surface area contributed by atoms with Gasteiger partial charge in [0.1, 0.15) is 0 Å². The number of hydrogen-bond acceptors (Lipinski definition) is 8. The molecule has 6 N–H and O–H groups in total. The molecule has 6 aromatic rings. The van der Waals surface area contributed by atoms with Gasteiger partial charge in [-0.15, -0.1) is 0 Å². The predicted molar refractivity (Wildman–Crippen MR) is 136 cm³/mol. The summed E-state index contributed by atoms with van der Waals surface area (Å²) in [6, 6.07) is 19.8. The molecule has 0 saturated heterocycles. The van der Waals surface area contributed by atoms with E-state index in [2.05, 4.69) is 29.9 Å². The van der Waals surface area contributed by atoms with Crippen molar-refractivity contribution in [1.29, 1.82) is 0 Å². The number of imidazole rings is 2. The number of nitrogens with two attached hydrogens (primary N) is 2. The van der Waals surface area contributed by atoms with Crippen molar-refractivity contribution in [3.8, 4) is 0 Å². The normalized spacial score (nSPS) is 10.9. The first-order chi connectivity index (χ1) is 17.5. The van der Waals surface area contributed by atoms with Crippen molar-refractivity contribution in [2.24, 2.45) is 0 Å². The Balaban J connectivity index is 0.000000148. The summed E-state index contributed by atoms with van der Waals surface area (Å²) >= 11 is 0. The van der Waals surface area contributed by atoms with Gasteiger partial charge in [-0.2, -0.15) is 9.97 Å². The molecule has 4 heterocycles. The monoisotopic (exact) mass is 482 g/mol. The Bertz CT molecular complexity index is 1620. The average molecular weight is 483 g/mol. The van der Waals surface area contributed by atoms with Gasteiger partial charge in [-0.1, -0.05) is 60.7 Å². The standard InChI is InChI=1S/2C12H11N5O/c2*13-12-15-10-9(11(18)16-12)14-7-17(10)6-8-4-2-1-3-5-8/h2*1-5,7H,6H2,(H3,13,15,16,18). The van der Waals surface area contributed by atoms with Gasteiger partial charge in [0.05, 0.1) is 25.7 Å². The molecule has 12 heteroatoms. The summed E-state index contributed by atoms with van der Waals surface area (Å²) in [5.74, 6) is 0.199. The van der Waals surface area contributed by atoms with Crippen LogP contribution in [0, 0.1) is 0 Å². The Morgan fingerprint density at radius 3 is 1.42 bits per heavy atom. The van der Waals surface area contributed by atoms with E-state index in [0.717, 1.165) is 11.1 Å². The third kappa shape index (κ3) is 4.68. The SMILES string of the molecule is Nc1nc2c(ncn2Cc2ccccc2)c(=O)[nH]1.Nc1nc2c(ncn2Cc2ccccc2)c(=O)[nH]1. The number of nitrogens with zero attached hydrogens (tertiary/aromatic N) is 6. The number of rotatable bonds is 4. The molecule has 0 aliphatic heterocycles. The molecule has 180 valence electrons. The first kappa shape index (κ1) is 22.5. The smallest absolute Gasteiger partial charge is 0.280 e. The second-order valence-corrected chi connectivity index (χ2v) is 7.96. The second-order valence-electron chi connectivity index (χ2n) is 7.96. The lowest BCUT2D eigenvalue weighted by molar-refractivity contribution is 0.814. The minimum Gasteiger partial charge on any atom is -0.369 e. The van der Waals surface area contributed by atoms with E-state index in [1.807, 2.05) is 60.7 Å². The van der Waals surface area contributed by atoms with Gasteiger partial charge in [-0.3, -0.25) is 19.6 Å². The van der Waals surface area contributed by atoms with Crippen LogP contribution in [0.4, 0.5) is 11.9 Å². The number of nitrogen functional groups attached to an aromatic ring is 2. The first-order valence-electron chi connectivity index (χ1n) is 11.0. The van der Waals surface area contributed by atoms with Gasteiger partial charge >= 0.3 is 0 Å². The third-order valence-corrected chi connectivity index (χ3v) is 5.38. The Morgan fingerprint density at radius 1 is 0.639 bits per heavy atom. The molecule has 0 saturated carbocycles. The lowest BCUT2D eigenvalue weighted by Crippen LogP contribution is -2.12. The predicted octanol–water partition coefficient (Wildman–Crippen LogP) is 1.50. The molecule has 0 fully saturated rings. The molecule has 2 aromatic carbocycles. The topological polar surface area (TPSA) is 179 Å². The summed E-state index contributed by atoms with van der Waals surface area (Å²) in [4.78, 5) is 44.4. The highest BCUT2D eigenvalue weighted by molar-refractivity contribution is 5.71. The van der Waals surface area contributed by atoms with Crippen LogP contribution in [-0.2, 0) is 13.1 Å². The number of aromatic amines is 2. The minimum atomic E-state index is -0.315. The number of anilines is 2. The molecule has 0 aliphatic rings. The molecular weight excluding hydrogens is 460 g/mol. The number of nitrogens with one attached hydrogen (secondary N) is 2. The fraction of sp³-hybridized carbons (Fsp3) is 0.0833. The van der Waals surface area contributed by atoms with E-state index in [1.165, 1.54) is 0 Å². The van der Waals surface area contributed by atoms with Crippen LogP contribution in [0.3, 0.4) is 0 Å². The van der Waals surface area contributed by atoms with Crippen molar-refractivity contribution in [1.82, 2.24) is 39.0 Å². The number of fused-ring (bicyclic) bond motifs is 2. The van der Waals surface area contributed by atoms with Crippen molar-refractivity contribution >= 4 is 34.2 Å². The number of H-pyrrole nitrogens is 2. The summed E-state index contributed by atoms with van der Waals surface area (Å²) in [7, 11) is 0. The van der Waals surface area contributed by atoms with E-state index in [0.29, 0.717) is 35.4 Å². The van der Waals surface area contributed by atoms with Crippen LogP contribution in [0.5, 0.6) is 0 Å². The maximum absolute atomic E-state index is 11.6. The van der Waals surface area contributed by atoms with E-state index < -0.39 is 0 Å². The van der Waals surface area contributed by atoms with Gasteiger partial charge < -0.3 is 20.6 Å². The molecule has 6 rings (SSSR count). The zero-order valence-corrected chi connectivity index (χ0v) is 19.0. The Kier molecular flexibility index (Phi) is 5.97. The molecule has 12 nitrogen and oxygen atoms in total. The molecular formula is C24H22N10O2. The highest BCUT2D eigenvalue weighted by atomic mass is 16.1. The van der Waals surface area contributed by atoms with E-state index in [4.69, 9.17) is 11.5 Å². The van der Waals surface area contributed by atoms with Gasteiger partial charge in [0, 0.05) is 0 Å². The van der Waals surface area contributed by atoms with Crippen LogP contribution >= 0.6 is 0 Å². The maximum atomic E-state index is 11.6. The van der Waals surface area contributed by atoms with Crippen LogP contribution in [-0.4, -0.2) is 39.0 Å². The average Bonchev–Trinajstić information content (AvgIpc) is 3.45. The molecule has 0 spiro atoms. The van der Waals surface area contributed by atoms with Gasteiger partial charge in [0.25, 0.3) is 11.1 Å². The van der Waals surface area contributed by atoms with E-state index in [9.17, 15) is 9.59 Å². The van der Waals surface area contributed by atoms with Crippen LogP contribution in [0.1, 0.15) is 11.1 Å². The molecule has 0 unspecified atom stereocenters. The highest BCUT2D eigenvalue weighted by Crippen LogP contribution is 2.11. The first-order valence-corrected chi connectivity index (χ1v) is 11.0. The van der Waals surface area contributed by atoms with Gasteiger partial charge in [0.15, 0.2) is 22.3 Å². The number of aromatic nitrogens is 8. The fourth-order valence-corrected chi connectivity index (χ4v) is 3.73. The van der Waals surface area contributed by atoms with E-state index in [1.54, 1.807) is 21.8 Å². The number of benzene rings is 2. The Hall–Kier alpha value is -5.26. The van der Waals surface area contributed by atoms with Crippen LogP contribution < -0.4 is 22.6 Å². The van der Waals surface area contributed by atoms with Crippen molar-refractivity contribution in [2.75, 3.05) is 11.5 Å². The quantitative estimate of drug-likeness (QED) is 0.292. The number of hydrogen-bond donors (Lipinski definition) is 4. The molecule has 36 heavy (non-hydrogen) atoms. The Labute approximate surface area is 203 Å². The Morgan fingerprint density at radius 2 is 1.03 bits per heavy atom. The molecule has 0 atom stereocenters. The highest BCUT2D eigenvalue weighted by Gasteiger charge is 2.10. The van der Waals surface area contributed by atoms with Gasteiger partial charge in [0.2, 0.25) is 11.9 Å². The summed E-state index contributed by atoms with van der Waals surface area (Å²) in [5, 5.41) is 0. The second kappa shape index (κ2) is 9.54. The van der Waals surface area contributed by atoms with Crippen LogP contribution in [0.2, 0.25) is 0 Å². The van der Waals surface area contributed by atoms with Crippen LogP contribution in [0.15, 0.2) is 82.9 Å². The van der Waals surface area contributed by atoms with Gasteiger partial charge in [-0.25, -0.2) is 9.97 Å². The largest absolute Gasteiger partial charge is 0.369 e. The molecule has 0 amide bonds. The lowest BCUT2D eigenvalue weighted by atomic mass is 10.2. The molecule has 0 bridgehead atoms. The summed E-state index contributed by atoms with van der Waals surface area (Å²) in [5.41, 5.74) is 14.3. The summed E-state index contributed by atoms with van der Waals surface area (Å²) < 4.78 is 3.60. The van der Waals surface area contributed by atoms with Crippen molar-refractivity contribution in [3.63, 3.8) is 0 Å². The van der Waals surface area contributed by atoms with Crippen molar-refractivity contribution in [2.45, 2.75) is 13.1 Å². The van der Waals surface area contributed by atoms with E-state index in [-0.39, 0.29) is 23.0 Å². The molecule has 4 aromatic heterocycles. The molecule has 0 radical (unpaired) electrons. The van der Waals surface area contributed by atoms with Crippen LogP contribution in [0.25, 0.3) is 22.3 Å². The van der Waals surface area contributed by atoms with Gasteiger partial charge in [-0.05, 0) is 11.1 Å². The third-order valence-electron chi connectivity index (χ3n) is 5.38. The zero-order chi connectivity index (χ0) is 25.1. The summed E-state index contributed by atoms with van der Waals surface area (Å²) in [6.07, 6.45) is 3.19. The molecule has 0 aliphatic carbocycles. The summed E-state index contributed by atoms with van der Waals surface area (Å²) in [6.45, 7) is 1.21.